The largest absolute Gasteiger partial charge is 0.494 e. The molecule has 5 nitrogen and oxygen atoms in total. The van der Waals surface area contributed by atoms with Crippen molar-refractivity contribution in [2.45, 2.75) is 0 Å². The van der Waals surface area contributed by atoms with Crippen LogP contribution < -0.4 is 5.56 Å². The van der Waals surface area contributed by atoms with Crippen LogP contribution in [0.5, 0.6) is 5.88 Å². The number of benzene rings is 2. The van der Waals surface area contributed by atoms with Gasteiger partial charge in [-0.3, -0.25) is 9.79 Å². The molecule has 0 aliphatic carbocycles. The Morgan fingerprint density at radius 3 is 2.62 bits per heavy atom. The first kappa shape index (κ1) is 16.9. The van der Waals surface area contributed by atoms with E-state index in [9.17, 15) is 9.90 Å². The van der Waals surface area contributed by atoms with Crippen molar-refractivity contribution in [1.82, 2.24) is 4.57 Å². The first-order chi connectivity index (χ1) is 12.7. The van der Waals surface area contributed by atoms with Gasteiger partial charge < -0.3 is 5.11 Å². The monoisotopic (exact) mass is 383 g/mol. The van der Waals surface area contributed by atoms with Gasteiger partial charge >= 0.3 is 0 Å². The van der Waals surface area contributed by atoms with Crippen LogP contribution in [-0.2, 0) is 0 Å². The van der Waals surface area contributed by atoms with Gasteiger partial charge in [0.25, 0.3) is 5.56 Å². The number of rotatable bonds is 2. The summed E-state index contributed by atoms with van der Waals surface area (Å²) in [6, 6.07) is 14.0. The topological polar surface area (TPSA) is 66.9 Å². The Morgan fingerprint density at radius 1 is 1.15 bits per heavy atom. The molecule has 0 unspecified atom stereocenters. The predicted octanol–water partition coefficient (Wildman–Crippen LogP) is 3.87. The maximum Gasteiger partial charge on any atom is 0.265 e. The van der Waals surface area contributed by atoms with Crippen molar-refractivity contribution < 1.29 is 5.11 Å². The molecule has 0 atom stereocenters. The van der Waals surface area contributed by atoms with Gasteiger partial charge in [0.05, 0.1) is 22.8 Å². The molecule has 0 saturated carbocycles. The first-order valence-electron chi connectivity index (χ1n) is 8.00. The third-order valence-electron chi connectivity index (χ3n) is 4.07. The molecule has 3 aromatic rings. The van der Waals surface area contributed by atoms with Gasteiger partial charge in [-0.25, -0.2) is 9.56 Å². The average Bonchev–Trinajstić information content (AvgIpc) is 3.17. The number of hydrogen-bond acceptors (Lipinski definition) is 5. The van der Waals surface area contributed by atoms with E-state index in [1.54, 1.807) is 60.4 Å². The molecule has 0 fully saturated rings. The number of nitrogens with zero attached hydrogens (tertiary/aromatic N) is 3. The predicted molar refractivity (Wildman–Crippen MR) is 109 cm³/mol. The third kappa shape index (κ3) is 2.91. The van der Waals surface area contributed by atoms with Crippen LogP contribution in [0.2, 0.25) is 5.02 Å². The number of halogens is 1. The summed E-state index contributed by atoms with van der Waals surface area (Å²) in [6.45, 7) is 0.739. The number of amidine groups is 1. The number of thioether (sulfide) groups is 1. The van der Waals surface area contributed by atoms with Crippen molar-refractivity contribution in [2.75, 3.05) is 12.3 Å². The second-order valence-corrected chi connectivity index (χ2v) is 7.12. The van der Waals surface area contributed by atoms with E-state index in [0.29, 0.717) is 32.2 Å². The Labute approximate surface area is 158 Å². The Kier molecular flexibility index (Phi) is 4.53. The molecule has 0 spiro atoms. The quantitative estimate of drug-likeness (QED) is 0.683. The molecule has 7 heteroatoms. The van der Waals surface area contributed by atoms with Crippen LogP contribution in [0.1, 0.15) is 5.56 Å². The van der Waals surface area contributed by atoms with Gasteiger partial charge in [-0.1, -0.05) is 53.7 Å². The van der Waals surface area contributed by atoms with Crippen molar-refractivity contribution in [3.63, 3.8) is 0 Å². The molecule has 1 aliphatic rings. The summed E-state index contributed by atoms with van der Waals surface area (Å²) in [7, 11) is 0. The van der Waals surface area contributed by atoms with E-state index in [1.807, 2.05) is 6.07 Å². The lowest BCUT2D eigenvalue weighted by atomic mass is 10.1. The lowest BCUT2D eigenvalue weighted by Gasteiger charge is -2.14. The first-order valence-corrected chi connectivity index (χ1v) is 9.36. The number of hydrogen-bond donors (Lipinski definition) is 1. The molecule has 130 valence electrons. The molecule has 1 aromatic heterocycles. The van der Waals surface area contributed by atoms with Crippen molar-refractivity contribution in [3.8, 4) is 11.6 Å². The highest BCUT2D eigenvalue weighted by Gasteiger charge is 2.18. The molecule has 4 rings (SSSR count). The van der Waals surface area contributed by atoms with Crippen LogP contribution >= 0.6 is 23.4 Å². The van der Waals surface area contributed by atoms with Gasteiger partial charge in [-0.15, -0.1) is 0 Å². The molecule has 2 aromatic carbocycles. The van der Waals surface area contributed by atoms with Gasteiger partial charge in [0.1, 0.15) is 0 Å². The molecule has 0 bridgehead atoms. The summed E-state index contributed by atoms with van der Waals surface area (Å²) >= 11 is 7.82. The van der Waals surface area contributed by atoms with E-state index in [1.165, 1.54) is 4.57 Å². The summed E-state index contributed by atoms with van der Waals surface area (Å²) in [5, 5.41) is 13.0. The second-order valence-electron chi connectivity index (χ2n) is 5.65. The molecule has 1 N–H and O–H groups in total. The fourth-order valence-corrected chi connectivity index (χ4v) is 3.76. The summed E-state index contributed by atoms with van der Waals surface area (Å²) in [5.41, 5.74) is 0.538. The molecule has 0 amide bonds. The van der Waals surface area contributed by atoms with Crippen LogP contribution in [0, 0.1) is 0 Å². The summed E-state index contributed by atoms with van der Waals surface area (Å²) in [6.07, 6.45) is 1.56. The van der Waals surface area contributed by atoms with Crippen LogP contribution in [0.3, 0.4) is 0 Å². The Bertz CT molecular complexity index is 1120. The van der Waals surface area contributed by atoms with E-state index in [0.717, 1.165) is 12.3 Å². The SMILES string of the molecule is O=c1c2ccccc2c(/C=N/C2=NCCS2)c(O)n1-c1ccccc1Cl. The van der Waals surface area contributed by atoms with Crippen LogP contribution in [-0.4, -0.2) is 33.4 Å². The van der Waals surface area contributed by atoms with Crippen molar-refractivity contribution in [3.05, 3.63) is 69.5 Å². The Balaban J connectivity index is 2.02. The molecule has 2 heterocycles. The summed E-state index contributed by atoms with van der Waals surface area (Å²) in [5.74, 6) is 0.701. The molecule has 26 heavy (non-hydrogen) atoms. The van der Waals surface area contributed by atoms with Gasteiger partial charge in [0.15, 0.2) is 5.17 Å². The highest BCUT2D eigenvalue weighted by molar-refractivity contribution is 8.14. The number of aromatic hydroxyl groups is 1. The van der Waals surface area contributed by atoms with Crippen molar-refractivity contribution >= 4 is 45.5 Å². The van der Waals surface area contributed by atoms with Gasteiger partial charge in [-0.2, -0.15) is 0 Å². The zero-order valence-corrected chi connectivity index (χ0v) is 15.2. The second kappa shape index (κ2) is 6.97. The van der Waals surface area contributed by atoms with Crippen LogP contribution in [0.25, 0.3) is 16.5 Å². The minimum atomic E-state index is -0.337. The van der Waals surface area contributed by atoms with E-state index in [-0.39, 0.29) is 11.4 Å². The van der Waals surface area contributed by atoms with E-state index in [4.69, 9.17) is 11.6 Å². The number of para-hydroxylation sites is 1. The summed E-state index contributed by atoms with van der Waals surface area (Å²) in [4.78, 5) is 21.6. The number of aromatic nitrogens is 1. The van der Waals surface area contributed by atoms with Gasteiger partial charge in [0, 0.05) is 22.7 Å². The van der Waals surface area contributed by atoms with Gasteiger partial charge in [0.2, 0.25) is 5.88 Å². The lowest BCUT2D eigenvalue weighted by Crippen LogP contribution is -2.20. The fraction of sp³-hybridized carbons (Fsp3) is 0.105. The maximum absolute atomic E-state index is 13.0. The van der Waals surface area contributed by atoms with E-state index < -0.39 is 0 Å². The highest BCUT2D eigenvalue weighted by atomic mass is 35.5. The third-order valence-corrected chi connectivity index (χ3v) is 5.27. The zero-order chi connectivity index (χ0) is 18.1. The van der Waals surface area contributed by atoms with Crippen LogP contribution in [0.4, 0.5) is 0 Å². The van der Waals surface area contributed by atoms with Crippen molar-refractivity contribution in [2.24, 2.45) is 9.98 Å². The Hall–Kier alpha value is -2.57. The number of fused-ring (bicyclic) bond motifs is 1. The maximum atomic E-state index is 13.0. The smallest absolute Gasteiger partial charge is 0.265 e. The normalized spacial score (nSPS) is 14.3. The molecule has 0 saturated heterocycles. The minimum Gasteiger partial charge on any atom is -0.494 e. The zero-order valence-electron chi connectivity index (χ0n) is 13.6. The molecular weight excluding hydrogens is 370 g/mol. The summed E-state index contributed by atoms with van der Waals surface area (Å²) < 4.78 is 1.22. The van der Waals surface area contributed by atoms with Gasteiger partial charge in [-0.05, 0) is 18.2 Å². The van der Waals surface area contributed by atoms with E-state index >= 15 is 0 Å². The highest BCUT2D eigenvalue weighted by Crippen LogP contribution is 2.29. The lowest BCUT2D eigenvalue weighted by molar-refractivity contribution is 0.436. The standard InChI is InChI=1S/C19H14ClN3O2S/c20-15-7-3-4-8-16(15)23-17(24)13-6-2-1-5-12(13)14(18(23)25)11-22-19-21-9-10-26-19/h1-8,11,25H,9-10H2/b22-11+. The van der Waals surface area contributed by atoms with Crippen molar-refractivity contribution in [1.29, 1.82) is 0 Å². The van der Waals surface area contributed by atoms with E-state index in [2.05, 4.69) is 9.98 Å². The number of aliphatic imine (C=N–C) groups is 2. The average molecular weight is 384 g/mol. The minimum absolute atomic E-state index is 0.200. The Morgan fingerprint density at radius 2 is 1.88 bits per heavy atom. The molecule has 1 aliphatic heterocycles. The number of pyridine rings is 1. The fourth-order valence-electron chi connectivity index (χ4n) is 2.87. The molecular formula is C19H14ClN3O2S. The molecule has 0 radical (unpaired) electrons. The van der Waals surface area contributed by atoms with Crippen LogP contribution in [0.15, 0.2) is 63.3 Å².